The van der Waals surface area contributed by atoms with Gasteiger partial charge in [-0.1, -0.05) is 24.6 Å². The van der Waals surface area contributed by atoms with E-state index < -0.39 is 0 Å². The van der Waals surface area contributed by atoms with Crippen molar-refractivity contribution >= 4 is 11.6 Å². The van der Waals surface area contributed by atoms with E-state index in [1.165, 1.54) is 0 Å². The molecule has 3 N–H and O–H groups in total. The minimum atomic E-state index is 0.0335. The molecule has 23 heavy (non-hydrogen) atoms. The summed E-state index contributed by atoms with van der Waals surface area (Å²) in [7, 11) is 0. The molecule has 122 valence electrons. The van der Waals surface area contributed by atoms with Crippen LogP contribution in [0.1, 0.15) is 37.1 Å². The van der Waals surface area contributed by atoms with Gasteiger partial charge in [-0.25, -0.2) is 4.68 Å². The van der Waals surface area contributed by atoms with Gasteiger partial charge in [0, 0.05) is 12.5 Å². The van der Waals surface area contributed by atoms with E-state index in [0.29, 0.717) is 12.3 Å². The first-order chi connectivity index (χ1) is 11.1. The van der Waals surface area contributed by atoms with Crippen molar-refractivity contribution in [1.82, 2.24) is 9.78 Å². The molecule has 0 unspecified atom stereocenters. The molecule has 1 aliphatic carbocycles. The monoisotopic (exact) mass is 312 g/mol. The maximum Gasteiger partial charge on any atom is 0.224 e. The molecule has 1 aromatic carbocycles. The van der Waals surface area contributed by atoms with E-state index >= 15 is 0 Å². The number of amides is 1. The van der Waals surface area contributed by atoms with Gasteiger partial charge in [0.1, 0.15) is 0 Å². The summed E-state index contributed by atoms with van der Waals surface area (Å²) >= 11 is 0. The molecule has 3 rings (SSSR count). The summed E-state index contributed by atoms with van der Waals surface area (Å²) in [6.07, 6.45) is 3.71. The van der Waals surface area contributed by atoms with Crippen LogP contribution < -0.4 is 11.1 Å². The Morgan fingerprint density at radius 3 is 2.70 bits per heavy atom. The lowest BCUT2D eigenvalue weighted by Crippen LogP contribution is -2.28. The highest BCUT2D eigenvalue weighted by Gasteiger charge is 2.26. The molecule has 0 bridgehead atoms. The van der Waals surface area contributed by atoms with Gasteiger partial charge in [0.05, 0.1) is 22.8 Å². The number of nitrogens with two attached hydrogens (primary N) is 1. The lowest BCUT2D eigenvalue weighted by atomic mass is 10.00. The van der Waals surface area contributed by atoms with Gasteiger partial charge in [-0.3, -0.25) is 4.79 Å². The van der Waals surface area contributed by atoms with Gasteiger partial charge < -0.3 is 11.1 Å². The Morgan fingerprint density at radius 2 is 2.04 bits per heavy atom. The molecule has 0 saturated heterocycles. The zero-order chi connectivity index (χ0) is 16.4. The Balaban J connectivity index is 1.75. The molecule has 2 aromatic rings. The summed E-state index contributed by atoms with van der Waals surface area (Å²) in [5.41, 5.74) is 9.64. The number of rotatable bonds is 4. The normalized spacial score (nSPS) is 20.7. The number of para-hydroxylation sites is 1. The van der Waals surface area contributed by atoms with Gasteiger partial charge in [-0.2, -0.15) is 5.10 Å². The van der Waals surface area contributed by atoms with Crippen LogP contribution in [0.5, 0.6) is 0 Å². The predicted molar refractivity (Wildman–Crippen MR) is 91.6 cm³/mol. The van der Waals surface area contributed by atoms with E-state index in [1.54, 1.807) is 0 Å². The van der Waals surface area contributed by atoms with E-state index in [1.807, 2.05) is 48.9 Å². The Labute approximate surface area is 136 Å². The molecule has 0 aliphatic heterocycles. The number of aryl methyl sites for hydroxylation is 1. The molecule has 2 atom stereocenters. The van der Waals surface area contributed by atoms with Crippen LogP contribution in [0.4, 0.5) is 5.69 Å². The van der Waals surface area contributed by atoms with E-state index in [4.69, 9.17) is 5.73 Å². The number of nitrogens with one attached hydrogen (secondary N) is 1. The zero-order valence-electron chi connectivity index (χ0n) is 13.7. The van der Waals surface area contributed by atoms with Crippen LogP contribution in [-0.2, 0) is 4.79 Å². The minimum absolute atomic E-state index is 0.0335. The van der Waals surface area contributed by atoms with Gasteiger partial charge in [0.25, 0.3) is 0 Å². The second kappa shape index (κ2) is 6.54. The molecular formula is C18H24N4O. The average molecular weight is 312 g/mol. The van der Waals surface area contributed by atoms with Crippen LogP contribution in [0.3, 0.4) is 0 Å². The Bertz CT molecular complexity index is 693. The van der Waals surface area contributed by atoms with Crippen LogP contribution in [0, 0.1) is 19.8 Å². The van der Waals surface area contributed by atoms with Crippen LogP contribution >= 0.6 is 0 Å². The van der Waals surface area contributed by atoms with Crippen molar-refractivity contribution in [2.75, 3.05) is 5.32 Å². The summed E-state index contributed by atoms with van der Waals surface area (Å²) in [4.78, 5) is 12.4. The molecule has 0 spiro atoms. The Morgan fingerprint density at radius 1 is 1.30 bits per heavy atom. The molecule has 1 heterocycles. The second-order valence-corrected chi connectivity index (χ2v) is 6.40. The van der Waals surface area contributed by atoms with Crippen molar-refractivity contribution in [3.05, 3.63) is 41.7 Å². The second-order valence-electron chi connectivity index (χ2n) is 6.40. The standard InChI is InChI=1S/C18H24N4O/c1-12-18(20-17(23)11-14-7-6-10-16(14)19)13(2)22(21-12)15-8-4-3-5-9-15/h3-5,8-9,14,16H,6-7,10-11,19H2,1-2H3,(H,20,23)/t14-,16+/m0/s1. The summed E-state index contributed by atoms with van der Waals surface area (Å²) in [6.45, 7) is 3.90. The first kappa shape index (κ1) is 15.7. The third-order valence-electron chi connectivity index (χ3n) is 4.72. The molecule has 1 fully saturated rings. The quantitative estimate of drug-likeness (QED) is 0.911. The molecular weight excluding hydrogens is 288 g/mol. The maximum atomic E-state index is 12.4. The highest BCUT2D eigenvalue weighted by molar-refractivity contribution is 5.92. The summed E-state index contributed by atoms with van der Waals surface area (Å²) < 4.78 is 1.87. The third kappa shape index (κ3) is 3.29. The number of anilines is 1. The molecule has 5 heteroatoms. The van der Waals surface area contributed by atoms with Crippen LogP contribution in [0.25, 0.3) is 5.69 Å². The van der Waals surface area contributed by atoms with Gasteiger partial charge in [0.15, 0.2) is 0 Å². The molecule has 1 aliphatic rings. The highest BCUT2D eigenvalue weighted by atomic mass is 16.1. The smallest absolute Gasteiger partial charge is 0.224 e. The van der Waals surface area contributed by atoms with Gasteiger partial charge in [0.2, 0.25) is 5.91 Å². The van der Waals surface area contributed by atoms with Gasteiger partial charge >= 0.3 is 0 Å². The highest BCUT2D eigenvalue weighted by Crippen LogP contribution is 2.28. The molecule has 1 saturated carbocycles. The fourth-order valence-electron chi connectivity index (χ4n) is 3.39. The number of nitrogens with zero attached hydrogens (tertiary/aromatic N) is 2. The maximum absolute atomic E-state index is 12.4. The first-order valence-electron chi connectivity index (χ1n) is 8.23. The largest absolute Gasteiger partial charge is 0.327 e. The summed E-state index contributed by atoms with van der Waals surface area (Å²) in [5, 5.41) is 7.60. The van der Waals surface area contributed by atoms with Crippen molar-refractivity contribution in [3.8, 4) is 5.69 Å². The molecule has 5 nitrogen and oxygen atoms in total. The number of aromatic nitrogens is 2. The van der Waals surface area contributed by atoms with Crippen molar-refractivity contribution in [3.63, 3.8) is 0 Å². The summed E-state index contributed by atoms with van der Waals surface area (Å²) in [6, 6.07) is 10.1. The minimum Gasteiger partial charge on any atom is -0.327 e. The lowest BCUT2D eigenvalue weighted by Gasteiger charge is -2.15. The van der Waals surface area contributed by atoms with E-state index in [-0.39, 0.29) is 11.9 Å². The van der Waals surface area contributed by atoms with Gasteiger partial charge in [-0.05, 0) is 44.7 Å². The first-order valence-corrected chi connectivity index (χ1v) is 8.23. The average Bonchev–Trinajstić information content (AvgIpc) is 3.06. The fourth-order valence-corrected chi connectivity index (χ4v) is 3.39. The zero-order valence-corrected chi connectivity index (χ0v) is 13.7. The number of carbonyl (C=O) groups is 1. The summed E-state index contributed by atoms with van der Waals surface area (Å²) in [5.74, 6) is 0.339. The molecule has 0 radical (unpaired) electrons. The van der Waals surface area contributed by atoms with Gasteiger partial charge in [-0.15, -0.1) is 0 Å². The third-order valence-corrected chi connectivity index (χ3v) is 4.72. The van der Waals surface area contributed by atoms with Crippen LogP contribution in [0.15, 0.2) is 30.3 Å². The number of carbonyl (C=O) groups excluding carboxylic acids is 1. The van der Waals surface area contributed by atoms with Crippen molar-refractivity contribution in [2.45, 2.75) is 45.6 Å². The molecule has 1 aromatic heterocycles. The van der Waals surface area contributed by atoms with E-state index in [0.717, 1.165) is 42.0 Å². The van der Waals surface area contributed by atoms with E-state index in [9.17, 15) is 4.79 Å². The van der Waals surface area contributed by atoms with Crippen molar-refractivity contribution < 1.29 is 4.79 Å². The SMILES string of the molecule is Cc1nn(-c2ccccc2)c(C)c1NC(=O)C[C@@H]1CCC[C@H]1N. The Hall–Kier alpha value is -2.14. The lowest BCUT2D eigenvalue weighted by molar-refractivity contribution is -0.117. The van der Waals surface area contributed by atoms with Crippen LogP contribution in [-0.4, -0.2) is 21.7 Å². The topological polar surface area (TPSA) is 72.9 Å². The Kier molecular flexibility index (Phi) is 4.48. The van der Waals surface area contributed by atoms with Crippen molar-refractivity contribution in [1.29, 1.82) is 0 Å². The van der Waals surface area contributed by atoms with Crippen LogP contribution in [0.2, 0.25) is 0 Å². The number of benzene rings is 1. The number of hydrogen-bond acceptors (Lipinski definition) is 3. The van der Waals surface area contributed by atoms with Crippen molar-refractivity contribution in [2.24, 2.45) is 11.7 Å². The fraction of sp³-hybridized carbons (Fsp3) is 0.444. The number of hydrogen-bond donors (Lipinski definition) is 2. The predicted octanol–water partition coefficient (Wildman–Crippen LogP) is 2.95. The van der Waals surface area contributed by atoms with E-state index in [2.05, 4.69) is 10.4 Å². The molecule has 1 amide bonds.